The molecule has 0 radical (unpaired) electrons. The summed E-state index contributed by atoms with van der Waals surface area (Å²) in [6, 6.07) is 6.63. The molecule has 33 heavy (non-hydrogen) atoms. The van der Waals surface area contributed by atoms with Gasteiger partial charge < -0.3 is 10.4 Å². The van der Waals surface area contributed by atoms with Gasteiger partial charge in [0.1, 0.15) is 0 Å². The van der Waals surface area contributed by atoms with Gasteiger partial charge in [-0.25, -0.2) is 4.79 Å². The number of rotatable bonds is 8. The summed E-state index contributed by atoms with van der Waals surface area (Å²) >= 11 is 0. The van der Waals surface area contributed by atoms with Crippen LogP contribution in [0, 0.1) is 20.2 Å². The van der Waals surface area contributed by atoms with Crippen LogP contribution >= 0.6 is 0 Å². The van der Waals surface area contributed by atoms with Crippen LogP contribution in [0.3, 0.4) is 0 Å². The molecule has 13 nitrogen and oxygen atoms in total. The first-order chi connectivity index (χ1) is 15.6. The lowest BCUT2D eigenvalue weighted by atomic mass is 9.97. The molecule has 3 amide bonds. The molecule has 1 saturated heterocycles. The fraction of sp³-hybridized carbons (Fsp3) is 0.200. The highest BCUT2D eigenvalue weighted by atomic mass is 16.6. The molecule has 0 aromatic heterocycles. The van der Waals surface area contributed by atoms with Crippen LogP contribution < -0.4 is 5.32 Å². The van der Waals surface area contributed by atoms with Crippen LogP contribution in [0.15, 0.2) is 48.5 Å². The maximum atomic E-state index is 12.9. The van der Waals surface area contributed by atoms with Gasteiger partial charge in [0.2, 0.25) is 11.8 Å². The normalized spacial score (nSPS) is 15.1. The molecule has 0 aliphatic carbocycles. The number of nitrogens with one attached hydrogen (secondary N) is 1. The Hall–Kier alpha value is -4.68. The Morgan fingerprint density at radius 1 is 0.939 bits per heavy atom. The van der Waals surface area contributed by atoms with Crippen LogP contribution in [0.1, 0.15) is 34.8 Å². The van der Waals surface area contributed by atoms with Gasteiger partial charge in [0.25, 0.3) is 17.3 Å². The standard InChI is InChI=1S/C20H16N4O9/c25-15-6-7-16(26)22(15)18(20(28)29)17(11-4-2-1-3-5-11)21-19(27)12-8-13(23(30)31)10-14(9-12)24(32)33/h1-5,8-10,17-18H,6-7H2,(H,21,27)(H,28,29). The molecule has 0 spiro atoms. The Bertz CT molecular complexity index is 1120. The molecular weight excluding hydrogens is 440 g/mol. The summed E-state index contributed by atoms with van der Waals surface area (Å²) in [7, 11) is 0. The Morgan fingerprint density at radius 2 is 1.45 bits per heavy atom. The molecule has 2 aromatic rings. The molecular formula is C20H16N4O9. The highest BCUT2D eigenvalue weighted by Crippen LogP contribution is 2.28. The molecule has 1 aliphatic heterocycles. The first-order valence-electron chi connectivity index (χ1n) is 9.47. The topological polar surface area (TPSA) is 190 Å². The number of carbonyl (C=O) groups is 4. The summed E-state index contributed by atoms with van der Waals surface area (Å²) in [5, 5.41) is 34.5. The van der Waals surface area contributed by atoms with Gasteiger partial charge in [-0.15, -0.1) is 0 Å². The number of benzene rings is 2. The minimum atomic E-state index is -1.81. The number of likely N-dealkylation sites (tertiary alicyclic amines) is 1. The molecule has 13 heteroatoms. The number of carboxylic acids is 1. The highest BCUT2D eigenvalue weighted by Gasteiger charge is 2.44. The van der Waals surface area contributed by atoms with Gasteiger partial charge in [-0.05, 0) is 5.56 Å². The molecule has 1 fully saturated rings. The summed E-state index contributed by atoms with van der Waals surface area (Å²) in [4.78, 5) is 70.5. The summed E-state index contributed by atoms with van der Waals surface area (Å²) in [6.07, 6.45) is -0.371. The van der Waals surface area contributed by atoms with Crippen LogP contribution in [-0.4, -0.2) is 49.6 Å². The van der Waals surface area contributed by atoms with Gasteiger partial charge in [-0.1, -0.05) is 30.3 Å². The van der Waals surface area contributed by atoms with E-state index in [1.54, 1.807) is 18.2 Å². The number of nitrogens with zero attached hydrogens (tertiary/aromatic N) is 3. The Balaban J connectivity index is 2.06. The zero-order chi connectivity index (χ0) is 24.3. The maximum absolute atomic E-state index is 12.9. The third-order valence-electron chi connectivity index (χ3n) is 4.97. The first-order valence-corrected chi connectivity index (χ1v) is 9.47. The number of hydrogen-bond acceptors (Lipinski definition) is 8. The molecule has 2 atom stereocenters. The van der Waals surface area contributed by atoms with Crippen molar-refractivity contribution in [1.29, 1.82) is 0 Å². The van der Waals surface area contributed by atoms with Crippen molar-refractivity contribution in [2.24, 2.45) is 0 Å². The van der Waals surface area contributed by atoms with E-state index in [4.69, 9.17) is 0 Å². The second-order valence-electron chi connectivity index (χ2n) is 7.05. The smallest absolute Gasteiger partial charge is 0.329 e. The van der Waals surface area contributed by atoms with Gasteiger partial charge in [0, 0.05) is 25.0 Å². The number of nitro groups is 2. The molecule has 2 unspecified atom stereocenters. The van der Waals surface area contributed by atoms with Crippen molar-refractivity contribution in [3.8, 4) is 0 Å². The molecule has 3 rings (SSSR count). The average molecular weight is 456 g/mol. The summed E-state index contributed by atoms with van der Waals surface area (Å²) in [5.41, 5.74) is -1.68. The van der Waals surface area contributed by atoms with Gasteiger partial charge in [-0.3, -0.25) is 39.5 Å². The molecule has 0 saturated carbocycles. The predicted molar refractivity (Wildman–Crippen MR) is 109 cm³/mol. The quantitative estimate of drug-likeness (QED) is 0.337. The molecule has 170 valence electrons. The van der Waals surface area contributed by atoms with Crippen LogP contribution in [0.25, 0.3) is 0 Å². The van der Waals surface area contributed by atoms with Crippen molar-refractivity contribution in [2.75, 3.05) is 0 Å². The van der Waals surface area contributed by atoms with E-state index in [1.165, 1.54) is 12.1 Å². The van der Waals surface area contributed by atoms with E-state index in [0.29, 0.717) is 11.0 Å². The number of carbonyl (C=O) groups excluding carboxylic acids is 3. The fourth-order valence-corrected chi connectivity index (χ4v) is 3.47. The Kier molecular flexibility index (Phi) is 6.42. The van der Waals surface area contributed by atoms with Crippen LogP contribution in [0.4, 0.5) is 11.4 Å². The Labute approximate surface area is 184 Å². The predicted octanol–water partition coefficient (Wildman–Crippen LogP) is 1.58. The zero-order valence-electron chi connectivity index (χ0n) is 16.7. The van der Waals surface area contributed by atoms with Crippen molar-refractivity contribution < 1.29 is 34.1 Å². The van der Waals surface area contributed by atoms with E-state index in [0.717, 1.165) is 12.1 Å². The SMILES string of the molecule is O=C(NC(c1ccccc1)C(C(=O)O)N1C(=O)CCC1=O)c1cc([N+](=O)[O-])cc([N+](=O)[O-])c1. The summed E-state index contributed by atoms with van der Waals surface area (Å²) in [6.45, 7) is 0. The van der Waals surface area contributed by atoms with E-state index >= 15 is 0 Å². The van der Waals surface area contributed by atoms with Crippen molar-refractivity contribution in [3.63, 3.8) is 0 Å². The van der Waals surface area contributed by atoms with Crippen molar-refractivity contribution in [3.05, 3.63) is 79.9 Å². The van der Waals surface area contributed by atoms with Crippen LogP contribution in [0.2, 0.25) is 0 Å². The van der Waals surface area contributed by atoms with Crippen LogP contribution in [-0.2, 0) is 14.4 Å². The first kappa shape index (κ1) is 23.0. The summed E-state index contributed by atoms with van der Waals surface area (Å²) < 4.78 is 0. The van der Waals surface area contributed by atoms with Gasteiger partial charge >= 0.3 is 5.97 Å². The van der Waals surface area contributed by atoms with E-state index in [9.17, 15) is 44.5 Å². The highest BCUT2D eigenvalue weighted by molar-refractivity contribution is 6.05. The Morgan fingerprint density at radius 3 is 1.91 bits per heavy atom. The minimum absolute atomic E-state index is 0.185. The third kappa shape index (κ3) is 4.81. The third-order valence-corrected chi connectivity index (χ3v) is 4.97. The fourth-order valence-electron chi connectivity index (χ4n) is 3.47. The maximum Gasteiger partial charge on any atom is 0.329 e. The molecule has 1 aliphatic rings. The van der Waals surface area contributed by atoms with Crippen molar-refractivity contribution in [2.45, 2.75) is 24.9 Å². The van der Waals surface area contributed by atoms with Crippen molar-refractivity contribution >= 4 is 35.1 Å². The number of non-ortho nitro benzene ring substituents is 2. The molecule has 1 heterocycles. The average Bonchev–Trinajstić information content (AvgIpc) is 3.11. The van der Waals surface area contributed by atoms with E-state index in [2.05, 4.69) is 5.32 Å². The number of nitro benzene ring substituents is 2. The van der Waals surface area contributed by atoms with E-state index in [-0.39, 0.29) is 18.4 Å². The lowest BCUT2D eigenvalue weighted by Gasteiger charge is -2.31. The number of carboxylic acid groups (broad SMARTS) is 1. The zero-order valence-corrected chi connectivity index (χ0v) is 16.7. The summed E-state index contributed by atoms with van der Waals surface area (Å²) in [5.74, 6) is -4.10. The second kappa shape index (κ2) is 9.21. The van der Waals surface area contributed by atoms with E-state index < -0.39 is 62.6 Å². The van der Waals surface area contributed by atoms with Gasteiger partial charge in [-0.2, -0.15) is 0 Å². The second-order valence-corrected chi connectivity index (χ2v) is 7.05. The number of amides is 3. The largest absolute Gasteiger partial charge is 0.480 e. The monoisotopic (exact) mass is 456 g/mol. The number of aliphatic carboxylic acids is 1. The molecule has 2 N–H and O–H groups in total. The lowest BCUT2D eigenvalue weighted by Crippen LogP contribution is -2.52. The van der Waals surface area contributed by atoms with Crippen LogP contribution in [0.5, 0.6) is 0 Å². The minimum Gasteiger partial charge on any atom is -0.480 e. The lowest BCUT2D eigenvalue weighted by molar-refractivity contribution is -0.394. The van der Waals surface area contributed by atoms with Crippen molar-refractivity contribution in [1.82, 2.24) is 10.2 Å². The van der Waals surface area contributed by atoms with Gasteiger partial charge in [0.05, 0.1) is 27.5 Å². The number of imide groups is 1. The molecule has 2 aromatic carbocycles. The van der Waals surface area contributed by atoms with E-state index in [1.807, 2.05) is 0 Å². The number of hydrogen-bond donors (Lipinski definition) is 2. The van der Waals surface area contributed by atoms with Gasteiger partial charge in [0.15, 0.2) is 6.04 Å². The molecule has 0 bridgehead atoms.